The fraction of sp³-hybridized carbons (Fsp3) is 0.438. The van der Waals surface area contributed by atoms with E-state index in [1.54, 1.807) is 0 Å². The Morgan fingerprint density at radius 3 is 2.77 bits per heavy atom. The van der Waals surface area contributed by atoms with Crippen molar-refractivity contribution in [3.05, 3.63) is 36.2 Å². The number of para-hydroxylation sites is 1. The highest BCUT2D eigenvalue weighted by molar-refractivity contribution is 5.51. The molecule has 0 radical (unpaired) electrons. The Bertz CT molecular complexity index is 556. The number of unbranched alkanes of at least 4 members (excludes halogenated alkanes) is 2. The Morgan fingerprint density at radius 1 is 1.23 bits per heavy atom. The summed E-state index contributed by atoms with van der Waals surface area (Å²) in [7, 11) is 0. The first-order valence-corrected chi connectivity index (χ1v) is 7.66. The molecule has 0 saturated heterocycles. The third-order valence-electron chi connectivity index (χ3n) is 3.42. The summed E-state index contributed by atoms with van der Waals surface area (Å²) in [6, 6.07) is 10.0. The van der Waals surface area contributed by atoms with Crippen molar-refractivity contribution in [1.82, 2.24) is 15.5 Å². The Kier molecular flexibility index (Phi) is 6.41. The lowest BCUT2D eigenvalue weighted by molar-refractivity contribution is -0.109. The average Bonchev–Trinajstić information content (AvgIpc) is 3.00. The third-order valence-corrected chi connectivity index (χ3v) is 3.42. The van der Waals surface area contributed by atoms with Crippen LogP contribution in [0.15, 0.2) is 34.7 Å². The summed E-state index contributed by atoms with van der Waals surface area (Å²) < 4.78 is 5.69. The molecule has 6 heteroatoms. The first-order chi connectivity index (χ1) is 10.8. The number of benzene rings is 1. The molecule has 0 spiro atoms. The van der Waals surface area contributed by atoms with Crippen LogP contribution in [0.1, 0.15) is 44.4 Å². The second-order valence-corrected chi connectivity index (χ2v) is 5.16. The van der Waals surface area contributed by atoms with Gasteiger partial charge in [-0.2, -0.15) is 0 Å². The number of hydrogen-bond donors (Lipinski definition) is 2. The molecular formula is C16H22N4O2. The summed E-state index contributed by atoms with van der Waals surface area (Å²) in [5.74, 6) is 0.611. The van der Waals surface area contributed by atoms with E-state index in [1.165, 1.54) is 0 Å². The standard InChI is InChI=1S/C16H22N4O2/c1-2-3-5-8-13(11-17-12-21)15-19-20-16(22-15)18-14-9-6-4-7-10-14/h4,6-7,9-10,12-13H,2-3,5,8,11H2,1H3,(H,17,21)(H,18,20)/t13-/m1/s1. The van der Waals surface area contributed by atoms with Gasteiger partial charge in [0.15, 0.2) is 0 Å². The van der Waals surface area contributed by atoms with Gasteiger partial charge in [-0.1, -0.05) is 49.5 Å². The summed E-state index contributed by atoms with van der Waals surface area (Å²) in [6.07, 6.45) is 5.00. The van der Waals surface area contributed by atoms with Crippen LogP contribution in [0.4, 0.5) is 11.7 Å². The lowest BCUT2D eigenvalue weighted by Crippen LogP contribution is -2.20. The average molecular weight is 302 g/mol. The number of carbonyl (C=O) groups is 1. The predicted molar refractivity (Wildman–Crippen MR) is 85.0 cm³/mol. The Morgan fingerprint density at radius 2 is 2.05 bits per heavy atom. The molecule has 118 valence electrons. The topological polar surface area (TPSA) is 80.0 Å². The van der Waals surface area contributed by atoms with E-state index in [1.807, 2.05) is 30.3 Å². The van der Waals surface area contributed by atoms with Gasteiger partial charge in [0, 0.05) is 12.2 Å². The van der Waals surface area contributed by atoms with Crippen LogP contribution in [0.25, 0.3) is 0 Å². The SMILES string of the molecule is CCCCC[C@H](CNC=O)c1nnc(Nc2ccccc2)o1. The van der Waals surface area contributed by atoms with Crippen LogP contribution >= 0.6 is 0 Å². The molecule has 6 nitrogen and oxygen atoms in total. The van der Waals surface area contributed by atoms with Crippen molar-refractivity contribution in [3.63, 3.8) is 0 Å². The van der Waals surface area contributed by atoms with Crippen molar-refractivity contribution >= 4 is 18.1 Å². The van der Waals surface area contributed by atoms with Crippen molar-refractivity contribution in [2.45, 2.75) is 38.5 Å². The van der Waals surface area contributed by atoms with Crippen LogP contribution < -0.4 is 10.6 Å². The number of anilines is 2. The highest BCUT2D eigenvalue weighted by Crippen LogP contribution is 2.23. The minimum Gasteiger partial charge on any atom is -0.408 e. The minimum absolute atomic E-state index is 0.0515. The fourth-order valence-electron chi connectivity index (χ4n) is 2.24. The van der Waals surface area contributed by atoms with E-state index < -0.39 is 0 Å². The number of aromatic nitrogens is 2. The number of amides is 1. The van der Waals surface area contributed by atoms with Gasteiger partial charge in [0.1, 0.15) is 0 Å². The van der Waals surface area contributed by atoms with Crippen LogP contribution in [0.5, 0.6) is 0 Å². The van der Waals surface area contributed by atoms with Crippen molar-refractivity contribution in [3.8, 4) is 0 Å². The van der Waals surface area contributed by atoms with Gasteiger partial charge in [0.2, 0.25) is 12.3 Å². The molecular weight excluding hydrogens is 280 g/mol. The van der Waals surface area contributed by atoms with Gasteiger partial charge in [0.25, 0.3) is 0 Å². The van der Waals surface area contributed by atoms with E-state index in [4.69, 9.17) is 4.42 Å². The molecule has 1 amide bonds. The van der Waals surface area contributed by atoms with Crippen LogP contribution in [0.2, 0.25) is 0 Å². The Hall–Kier alpha value is -2.37. The van der Waals surface area contributed by atoms with Crippen LogP contribution in [0, 0.1) is 0 Å². The number of carbonyl (C=O) groups excluding carboxylic acids is 1. The maximum atomic E-state index is 10.5. The number of nitrogens with one attached hydrogen (secondary N) is 2. The maximum Gasteiger partial charge on any atom is 0.320 e. The van der Waals surface area contributed by atoms with Gasteiger partial charge in [-0.05, 0) is 18.6 Å². The Labute approximate surface area is 130 Å². The lowest BCUT2D eigenvalue weighted by Gasteiger charge is -2.11. The van der Waals surface area contributed by atoms with Gasteiger partial charge in [0.05, 0.1) is 5.92 Å². The smallest absolute Gasteiger partial charge is 0.320 e. The Balaban J connectivity index is 1.99. The molecule has 0 saturated carbocycles. The molecule has 22 heavy (non-hydrogen) atoms. The van der Waals surface area contributed by atoms with E-state index in [9.17, 15) is 4.79 Å². The molecule has 0 aliphatic rings. The normalized spacial score (nSPS) is 11.9. The first-order valence-electron chi connectivity index (χ1n) is 7.66. The van der Waals surface area contributed by atoms with Crippen LogP contribution in [-0.4, -0.2) is 23.2 Å². The van der Waals surface area contributed by atoms with Crippen molar-refractivity contribution in [2.24, 2.45) is 0 Å². The van der Waals surface area contributed by atoms with E-state index in [0.717, 1.165) is 31.4 Å². The summed E-state index contributed by atoms with van der Waals surface area (Å²) in [5.41, 5.74) is 0.895. The zero-order valence-corrected chi connectivity index (χ0v) is 12.8. The summed E-state index contributed by atoms with van der Waals surface area (Å²) in [6.45, 7) is 2.67. The molecule has 2 N–H and O–H groups in total. The van der Waals surface area contributed by atoms with E-state index in [0.29, 0.717) is 24.9 Å². The predicted octanol–water partition coefficient (Wildman–Crippen LogP) is 3.22. The van der Waals surface area contributed by atoms with Crippen molar-refractivity contribution in [1.29, 1.82) is 0 Å². The van der Waals surface area contributed by atoms with Gasteiger partial charge < -0.3 is 15.1 Å². The molecule has 1 aromatic heterocycles. The second kappa shape index (κ2) is 8.81. The summed E-state index contributed by atoms with van der Waals surface area (Å²) in [4.78, 5) is 10.5. The highest BCUT2D eigenvalue weighted by atomic mass is 16.4. The fourth-order valence-corrected chi connectivity index (χ4v) is 2.24. The van der Waals surface area contributed by atoms with Crippen molar-refractivity contribution in [2.75, 3.05) is 11.9 Å². The monoisotopic (exact) mass is 302 g/mol. The van der Waals surface area contributed by atoms with Gasteiger partial charge in [-0.3, -0.25) is 4.79 Å². The quantitative estimate of drug-likeness (QED) is 0.520. The molecule has 0 fully saturated rings. The van der Waals surface area contributed by atoms with Crippen LogP contribution in [0.3, 0.4) is 0 Å². The molecule has 0 unspecified atom stereocenters. The van der Waals surface area contributed by atoms with Gasteiger partial charge in [-0.25, -0.2) is 0 Å². The summed E-state index contributed by atoms with van der Waals surface area (Å²) >= 11 is 0. The molecule has 0 bridgehead atoms. The van der Waals surface area contributed by atoms with Gasteiger partial charge >= 0.3 is 6.01 Å². The molecule has 0 aliphatic carbocycles. The van der Waals surface area contributed by atoms with E-state index in [2.05, 4.69) is 27.8 Å². The lowest BCUT2D eigenvalue weighted by atomic mass is 10.0. The molecule has 1 atom stereocenters. The second-order valence-electron chi connectivity index (χ2n) is 5.16. The molecule has 0 aliphatic heterocycles. The first kappa shape index (κ1) is 16.0. The van der Waals surface area contributed by atoms with Crippen LogP contribution in [-0.2, 0) is 4.79 Å². The van der Waals surface area contributed by atoms with E-state index in [-0.39, 0.29) is 5.92 Å². The van der Waals surface area contributed by atoms with Crippen molar-refractivity contribution < 1.29 is 9.21 Å². The number of rotatable bonds is 10. The highest BCUT2D eigenvalue weighted by Gasteiger charge is 2.18. The zero-order chi connectivity index (χ0) is 15.6. The molecule has 1 heterocycles. The summed E-state index contributed by atoms with van der Waals surface area (Å²) in [5, 5.41) is 13.9. The third kappa shape index (κ3) is 4.87. The molecule has 1 aromatic carbocycles. The maximum absolute atomic E-state index is 10.5. The zero-order valence-electron chi connectivity index (χ0n) is 12.8. The van der Waals surface area contributed by atoms with Gasteiger partial charge in [-0.15, -0.1) is 5.10 Å². The molecule has 2 aromatic rings. The minimum atomic E-state index is 0.0515. The molecule has 2 rings (SSSR count). The van der Waals surface area contributed by atoms with E-state index >= 15 is 0 Å². The number of hydrogen-bond acceptors (Lipinski definition) is 5. The number of nitrogens with zero attached hydrogens (tertiary/aromatic N) is 2. The largest absolute Gasteiger partial charge is 0.408 e.